The summed E-state index contributed by atoms with van der Waals surface area (Å²) in [5.74, 6) is -0.0136. The summed E-state index contributed by atoms with van der Waals surface area (Å²) in [7, 11) is 0. The average Bonchev–Trinajstić information content (AvgIpc) is 3.47. The van der Waals surface area contributed by atoms with E-state index in [0.717, 1.165) is 24.1 Å². The molecule has 1 atom stereocenters. The Morgan fingerprint density at radius 1 is 1.19 bits per heavy atom. The lowest BCUT2D eigenvalue weighted by molar-refractivity contribution is -0.120. The van der Waals surface area contributed by atoms with Crippen LogP contribution in [0.15, 0.2) is 58.5 Å². The molecule has 4 rings (SSSR count). The number of nitrogens with zero attached hydrogens (tertiary/aromatic N) is 2. The van der Waals surface area contributed by atoms with Crippen molar-refractivity contribution >= 4 is 28.6 Å². The van der Waals surface area contributed by atoms with Gasteiger partial charge in [0.05, 0.1) is 21.8 Å². The van der Waals surface area contributed by atoms with Gasteiger partial charge in [-0.25, -0.2) is 4.98 Å². The number of aryl methyl sites for hydroxylation is 1. The zero-order valence-corrected chi connectivity index (χ0v) is 16.1. The third kappa shape index (κ3) is 3.76. The van der Waals surface area contributed by atoms with Gasteiger partial charge >= 0.3 is 0 Å². The smallest absolute Gasteiger partial charge is 0.266 e. The van der Waals surface area contributed by atoms with Crippen LogP contribution in [0.5, 0.6) is 0 Å². The molecule has 1 aliphatic carbocycles. The Labute approximate surface area is 161 Å². The van der Waals surface area contributed by atoms with E-state index in [1.807, 2.05) is 56.3 Å². The van der Waals surface area contributed by atoms with Gasteiger partial charge in [-0.15, -0.1) is 0 Å². The predicted octanol–water partition coefficient (Wildman–Crippen LogP) is 3.45. The van der Waals surface area contributed by atoms with E-state index in [1.165, 1.54) is 11.8 Å². The molecule has 1 N–H and O–H groups in total. The number of para-hydroxylation sites is 1. The van der Waals surface area contributed by atoms with Gasteiger partial charge in [-0.2, -0.15) is 0 Å². The topological polar surface area (TPSA) is 64.0 Å². The Bertz CT molecular complexity index is 1060. The number of nitrogens with one attached hydrogen (secondary N) is 1. The lowest BCUT2D eigenvalue weighted by atomic mass is 10.2. The minimum absolute atomic E-state index is 0.0136. The number of hydrogen-bond acceptors (Lipinski definition) is 4. The number of thioether (sulfide) groups is 1. The van der Waals surface area contributed by atoms with Crippen LogP contribution in [0, 0.1) is 6.92 Å². The van der Waals surface area contributed by atoms with Gasteiger partial charge in [-0.3, -0.25) is 14.2 Å². The first-order valence-electron chi connectivity index (χ1n) is 9.09. The van der Waals surface area contributed by atoms with E-state index in [1.54, 1.807) is 10.6 Å². The first kappa shape index (κ1) is 17.8. The van der Waals surface area contributed by atoms with Gasteiger partial charge in [0.2, 0.25) is 5.91 Å². The third-order valence-corrected chi connectivity index (χ3v) is 5.66. The Balaban J connectivity index is 1.79. The van der Waals surface area contributed by atoms with Crippen LogP contribution in [0.4, 0.5) is 0 Å². The van der Waals surface area contributed by atoms with E-state index in [0.29, 0.717) is 22.1 Å². The number of fused-ring (bicyclic) bond motifs is 1. The minimum atomic E-state index is -0.338. The second-order valence-electron chi connectivity index (χ2n) is 6.93. The minimum Gasteiger partial charge on any atom is -0.352 e. The Morgan fingerprint density at radius 2 is 1.89 bits per heavy atom. The number of benzene rings is 2. The molecule has 1 unspecified atom stereocenters. The number of aromatic nitrogens is 2. The zero-order chi connectivity index (χ0) is 19.0. The molecule has 138 valence electrons. The standard InChI is InChI=1S/C21H21N3O2S/c1-13-7-11-16(12-8-13)24-20(26)17-5-3-4-6-18(17)23-21(24)27-14(2)19(25)22-15-9-10-15/h3-8,11-12,14-15H,9-10H2,1-2H3,(H,22,25). The van der Waals surface area contributed by atoms with Crippen LogP contribution in [0.3, 0.4) is 0 Å². The quantitative estimate of drug-likeness (QED) is 0.545. The molecule has 1 saturated carbocycles. The fraction of sp³-hybridized carbons (Fsp3) is 0.286. The van der Waals surface area contributed by atoms with Crippen LogP contribution < -0.4 is 10.9 Å². The maximum Gasteiger partial charge on any atom is 0.266 e. The van der Waals surface area contributed by atoms with Crippen molar-refractivity contribution < 1.29 is 4.79 Å². The van der Waals surface area contributed by atoms with Crippen LogP contribution in [0.25, 0.3) is 16.6 Å². The summed E-state index contributed by atoms with van der Waals surface area (Å²) in [6.07, 6.45) is 2.09. The maximum absolute atomic E-state index is 13.2. The highest BCUT2D eigenvalue weighted by Crippen LogP contribution is 2.26. The summed E-state index contributed by atoms with van der Waals surface area (Å²) in [6.45, 7) is 3.86. The van der Waals surface area contributed by atoms with E-state index < -0.39 is 0 Å². The van der Waals surface area contributed by atoms with Crippen molar-refractivity contribution in [2.45, 2.75) is 43.1 Å². The molecule has 1 amide bonds. The second-order valence-corrected chi connectivity index (χ2v) is 8.24. The van der Waals surface area contributed by atoms with Crippen molar-refractivity contribution in [2.24, 2.45) is 0 Å². The van der Waals surface area contributed by atoms with Crippen LogP contribution in [-0.2, 0) is 4.79 Å². The molecular formula is C21H21N3O2S. The van der Waals surface area contributed by atoms with E-state index in [2.05, 4.69) is 5.32 Å². The number of carbonyl (C=O) groups is 1. The predicted molar refractivity (Wildman–Crippen MR) is 109 cm³/mol. The molecule has 2 aromatic carbocycles. The molecular weight excluding hydrogens is 358 g/mol. The van der Waals surface area contributed by atoms with Gasteiger partial charge in [-0.1, -0.05) is 41.6 Å². The monoisotopic (exact) mass is 379 g/mol. The van der Waals surface area contributed by atoms with Crippen LogP contribution >= 0.6 is 11.8 Å². The van der Waals surface area contributed by atoms with E-state index in [4.69, 9.17) is 4.98 Å². The Kier molecular flexibility index (Phi) is 4.74. The molecule has 5 nitrogen and oxygen atoms in total. The number of carbonyl (C=O) groups excluding carboxylic acids is 1. The molecule has 1 aromatic heterocycles. The molecule has 1 aliphatic rings. The summed E-state index contributed by atoms with van der Waals surface area (Å²) in [4.78, 5) is 30.3. The van der Waals surface area contributed by atoms with E-state index in [-0.39, 0.29) is 16.7 Å². The van der Waals surface area contributed by atoms with E-state index in [9.17, 15) is 9.59 Å². The summed E-state index contributed by atoms with van der Waals surface area (Å²) < 4.78 is 1.60. The highest BCUT2D eigenvalue weighted by Gasteiger charge is 2.27. The third-order valence-electron chi connectivity index (χ3n) is 4.61. The van der Waals surface area contributed by atoms with Gasteiger partial charge in [0.15, 0.2) is 5.16 Å². The molecule has 0 aliphatic heterocycles. The molecule has 0 spiro atoms. The highest BCUT2D eigenvalue weighted by molar-refractivity contribution is 8.00. The Morgan fingerprint density at radius 3 is 2.59 bits per heavy atom. The Hall–Kier alpha value is -2.60. The van der Waals surface area contributed by atoms with Gasteiger partial charge in [-0.05, 0) is 51.0 Å². The van der Waals surface area contributed by atoms with Crippen molar-refractivity contribution in [3.8, 4) is 5.69 Å². The SMILES string of the molecule is Cc1ccc(-n2c(SC(C)C(=O)NC3CC3)nc3ccccc3c2=O)cc1. The molecule has 3 aromatic rings. The zero-order valence-electron chi connectivity index (χ0n) is 15.3. The van der Waals surface area contributed by atoms with Gasteiger partial charge in [0.25, 0.3) is 5.56 Å². The van der Waals surface area contributed by atoms with Crippen LogP contribution in [0.2, 0.25) is 0 Å². The van der Waals surface area contributed by atoms with Gasteiger partial charge < -0.3 is 5.32 Å². The first-order chi connectivity index (χ1) is 13.0. The molecule has 27 heavy (non-hydrogen) atoms. The lowest BCUT2D eigenvalue weighted by Crippen LogP contribution is -2.33. The normalized spacial score (nSPS) is 14.9. The number of hydrogen-bond donors (Lipinski definition) is 1. The van der Waals surface area contributed by atoms with Crippen LogP contribution in [-0.4, -0.2) is 26.8 Å². The van der Waals surface area contributed by atoms with E-state index >= 15 is 0 Å². The van der Waals surface area contributed by atoms with Crippen LogP contribution in [0.1, 0.15) is 25.3 Å². The van der Waals surface area contributed by atoms with Crippen molar-refractivity contribution in [1.82, 2.24) is 14.9 Å². The first-order valence-corrected chi connectivity index (χ1v) is 9.97. The van der Waals surface area contributed by atoms with Crippen molar-refractivity contribution in [1.29, 1.82) is 0 Å². The largest absolute Gasteiger partial charge is 0.352 e. The summed E-state index contributed by atoms with van der Waals surface area (Å²) in [6, 6.07) is 15.4. The molecule has 6 heteroatoms. The highest BCUT2D eigenvalue weighted by atomic mass is 32.2. The molecule has 1 heterocycles. The average molecular weight is 379 g/mol. The fourth-order valence-corrected chi connectivity index (χ4v) is 3.81. The number of amides is 1. The summed E-state index contributed by atoms with van der Waals surface area (Å²) in [5, 5.41) is 3.78. The summed E-state index contributed by atoms with van der Waals surface area (Å²) in [5.41, 5.74) is 2.39. The van der Waals surface area contributed by atoms with Crippen molar-refractivity contribution in [3.63, 3.8) is 0 Å². The fourth-order valence-electron chi connectivity index (χ4n) is 2.87. The second kappa shape index (κ2) is 7.19. The van der Waals surface area contributed by atoms with Gasteiger partial charge in [0.1, 0.15) is 0 Å². The van der Waals surface area contributed by atoms with Crippen molar-refractivity contribution in [3.05, 3.63) is 64.4 Å². The van der Waals surface area contributed by atoms with Gasteiger partial charge in [0, 0.05) is 6.04 Å². The van der Waals surface area contributed by atoms with Crippen molar-refractivity contribution in [2.75, 3.05) is 0 Å². The summed E-state index contributed by atoms with van der Waals surface area (Å²) >= 11 is 1.32. The molecule has 0 bridgehead atoms. The maximum atomic E-state index is 13.2. The number of rotatable bonds is 5. The molecule has 0 saturated heterocycles. The molecule has 1 fully saturated rings. The molecule has 0 radical (unpaired) electrons. The lowest BCUT2D eigenvalue weighted by Gasteiger charge is -2.16.